The average molecular weight is 121 g/mol. The van der Waals surface area contributed by atoms with Crippen LogP contribution >= 0.6 is 0 Å². The second kappa shape index (κ2) is 3.00. The summed E-state index contributed by atoms with van der Waals surface area (Å²) in [5.74, 6) is -2.46. The zero-order valence-corrected chi connectivity index (χ0v) is 5.25. The summed E-state index contributed by atoms with van der Waals surface area (Å²) in [6.07, 6.45) is 1.34. The van der Waals surface area contributed by atoms with E-state index in [0.29, 0.717) is 0 Å². The summed E-state index contributed by atoms with van der Waals surface area (Å²) in [5.41, 5.74) is 0. The third kappa shape index (κ3) is 2.94. The minimum atomic E-state index is -2.46. The molecule has 0 aromatic rings. The Bertz CT molecular complexity index is 59.5. The first-order chi connectivity index (χ1) is 3.62. The maximum atomic E-state index is 12.1. The van der Waals surface area contributed by atoms with Crippen LogP contribution in [0.4, 0.5) is 8.78 Å². The molecule has 0 amide bonds. The van der Waals surface area contributed by atoms with Gasteiger partial charge in [0.15, 0.2) is 0 Å². The van der Waals surface area contributed by atoms with Crippen LogP contribution in [0, 0.1) is 6.42 Å². The van der Waals surface area contributed by atoms with Gasteiger partial charge in [0.1, 0.15) is 0 Å². The molecule has 0 bridgehead atoms. The van der Waals surface area contributed by atoms with E-state index < -0.39 is 5.92 Å². The van der Waals surface area contributed by atoms with Crippen molar-refractivity contribution < 1.29 is 8.78 Å². The number of hydrogen-bond donors (Lipinski definition) is 0. The Morgan fingerprint density at radius 1 is 1.50 bits per heavy atom. The summed E-state index contributed by atoms with van der Waals surface area (Å²) in [6, 6.07) is 0. The van der Waals surface area contributed by atoms with Gasteiger partial charge in [0.2, 0.25) is 5.92 Å². The largest absolute Gasteiger partial charge is 0.248 e. The standard InChI is InChI=1S/C6H11F2/c1-3-5-6(7,8)4-2/h3H,4-5H2,1-2H3. The third-order valence-corrected chi connectivity index (χ3v) is 1.02. The first kappa shape index (κ1) is 7.86. The van der Waals surface area contributed by atoms with Crippen LogP contribution in [0.1, 0.15) is 26.7 Å². The van der Waals surface area contributed by atoms with E-state index in [1.165, 1.54) is 13.3 Å². The summed E-state index contributed by atoms with van der Waals surface area (Å²) in [6.45, 7) is 3.13. The van der Waals surface area contributed by atoms with Crippen LogP contribution in [-0.2, 0) is 0 Å². The lowest BCUT2D eigenvalue weighted by molar-refractivity contribution is -0.00303. The molecule has 8 heavy (non-hydrogen) atoms. The zero-order chi connectivity index (χ0) is 6.62. The predicted molar refractivity (Wildman–Crippen MR) is 29.8 cm³/mol. The summed E-state index contributed by atoms with van der Waals surface area (Å²) < 4.78 is 24.2. The lowest BCUT2D eigenvalue weighted by atomic mass is 10.1. The molecule has 0 aromatic carbocycles. The first-order valence-corrected chi connectivity index (χ1v) is 2.78. The van der Waals surface area contributed by atoms with Crippen LogP contribution in [0.15, 0.2) is 0 Å². The normalized spacial score (nSPS) is 12.0. The Kier molecular flexibility index (Phi) is 2.95. The van der Waals surface area contributed by atoms with E-state index in [2.05, 4.69) is 0 Å². The Hall–Kier alpha value is -0.140. The number of halogens is 2. The molecule has 0 rings (SSSR count). The van der Waals surface area contributed by atoms with Crippen molar-refractivity contribution in [1.29, 1.82) is 0 Å². The van der Waals surface area contributed by atoms with Crippen molar-refractivity contribution in [3.05, 3.63) is 6.42 Å². The Morgan fingerprint density at radius 2 is 2.00 bits per heavy atom. The van der Waals surface area contributed by atoms with Gasteiger partial charge in [-0.25, -0.2) is 8.78 Å². The highest BCUT2D eigenvalue weighted by Crippen LogP contribution is 2.22. The van der Waals surface area contributed by atoms with Crippen LogP contribution < -0.4 is 0 Å². The monoisotopic (exact) mass is 121 g/mol. The van der Waals surface area contributed by atoms with Gasteiger partial charge in [0.25, 0.3) is 0 Å². The summed E-state index contributed by atoms with van der Waals surface area (Å²) in [5, 5.41) is 0. The molecule has 0 aliphatic rings. The molecule has 0 saturated carbocycles. The SMILES string of the molecule is C[CH]CC(F)(F)CC. The van der Waals surface area contributed by atoms with Gasteiger partial charge in [0, 0.05) is 12.8 Å². The summed E-state index contributed by atoms with van der Waals surface area (Å²) in [4.78, 5) is 0. The molecule has 0 aromatic heterocycles. The van der Waals surface area contributed by atoms with Crippen LogP contribution in [-0.4, -0.2) is 5.92 Å². The van der Waals surface area contributed by atoms with Gasteiger partial charge in [0.05, 0.1) is 0 Å². The van der Waals surface area contributed by atoms with Gasteiger partial charge in [-0.2, -0.15) is 0 Å². The molecule has 0 heterocycles. The number of alkyl halides is 2. The molecule has 0 saturated heterocycles. The van der Waals surface area contributed by atoms with Crippen molar-refractivity contribution >= 4 is 0 Å². The summed E-state index contributed by atoms with van der Waals surface area (Å²) in [7, 11) is 0. The summed E-state index contributed by atoms with van der Waals surface area (Å²) >= 11 is 0. The molecule has 0 atom stereocenters. The molecule has 0 unspecified atom stereocenters. The topological polar surface area (TPSA) is 0 Å². The molecule has 0 aliphatic heterocycles. The molecule has 0 aliphatic carbocycles. The first-order valence-electron chi connectivity index (χ1n) is 2.78. The molecular formula is C6H11F2. The van der Waals surface area contributed by atoms with Gasteiger partial charge in [-0.1, -0.05) is 13.8 Å². The molecular weight excluding hydrogens is 110 g/mol. The molecule has 0 fully saturated rings. The average Bonchev–Trinajstić information content (AvgIpc) is 1.67. The van der Waals surface area contributed by atoms with Crippen LogP contribution in [0.2, 0.25) is 0 Å². The Morgan fingerprint density at radius 3 is 2.12 bits per heavy atom. The van der Waals surface area contributed by atoms with E-state index in [-0.39, 0.29) is 12.8 Å². The maximum absolute atomic E-state index is 12.1. The Balaban J connectivity index is 3.37. The van der Waals surface area contributed by atoms with Crippen molar-refractivity contribution in [2.24, 2.45) is 0 Å². The van der Waals surface area contributed by atoms with Gasteiger partial charge >= 0.3 is 0 Å². The molecule has 0 spiro atoms. The number of hydrogen-bond acceptors (Lipinski definition) is 0. The van der Waals surface area contributed by atoms with Crippen LogP contribution in [0.25, 0.3) is 0 Å². The fourth-order valence-corrected chi connectivity index (χ4v) is 0.443. The van der Waals surface area contributed by atoms with Gasteiger partial charge in [-0.3, -0.25) is 0 Å². The minimum Gasteiger partial charge on any atom is -0.207 e. The fourth-order valence-electron chi connectivity index (χ4n) is 0.443. The third-order valence-electron chi connectivity index (χ3n) is 1.02. The highest BCUT2D eigenvalue weighted by atomic mass is 19.3. The molecule has 49 valence electrons. The van der Waals surface area contributed by atoms with Gasteiger partial charge in [-0.05, 0) is 6.42 Å². The van der Waals surface area contributed by atoms with E-state index in [1.54, 1.807) is 6.92 Å². The molecule has 2 heteroatoms. The van der Waals surface area contributed by atoms with Crippen molar-refractivity contribution in [2.75, 3.05) is 0 Å². The second-order valence-corrected chi connectivity index (χ2v) is 1.82. The van der Waals surface area contributed by atoms with E-state index in [0.717, 1.165) is 0 Å². The van der Waals surface area contributed by atoms with E-state index in [1.807, 2.05) is 0 Å². The van der Waals surface area contributed by atoms with Crippen LogP contribution in [0.5, 0.6) is 0 Å². The van der Waals surface area contributed by atoms with Crippen molar-refractivity contribution in [3.8, 4) is 0 Å². The molecule has 0 nitrogen and oxygen atoms in total. The van der Waals surface area contributed by atoms with Crippen molar-refractivity contribution in [3.63, 3.8) is 0 Å². The lowest BCUT2D eigenvalue weighted by Gasteiger charge is -2.10. The van der Waals surface area contributed by atoms with Crippen molar-refractivity contribution in [2.45, 2.75) is 32.6 Å². The smallest absolute Gasteiger partial charge is 0.207 e. The van der Waals surface area contributed by atoms with Crippen LogP contribution in [0.3, 0.4) is 0 Å². The Labute approximate surface area is 48.9 Å². The van der Waals surface area contributed by atoms with E-state index in [9.17, 15) is 8.78 Å². The highest BCUT2D eigenvalue weighted by molar-refractivity contribution is 4.70. The zero-order valence-electron chi connectivity index (χ0n) is 5.25. The minimum absolute atomic E-state index is 0.0582. The van der Waals surface area contributed by atoms with Gasteiger partial charge < -0.3 is 0 Å². The lowest BCUT2D eigenvalue weighted by Crippen LogP contribution is -2.12. The highest BCUT2D eigenvalue weighted by Gasteiger charge is 2.23. The molecule has 0 N–H and O–H groups in total. The second-order valence-electron chi connectivity index (χ2n) is 1.82. The quantitative estimate of drug-likeness (QED) is 0.538. The van der Waals surface area contributed by atoms with E-state index in [4.69, 9.17) is 0 Å². The fraction of sp³-hybridized carbons (Fsp3) is 0.833. The predicted octanol–water partition coefficient (Wildman–Crippen LogP) is 2.65. The van der Waals surface area contributed by atoms with Crippen molar-refractivity contribution in [1.82, 2.24) is 0 Å². The maximum Gasteiger partial charge on any atom is 0.248 e. The molecule has 1 radical (unpaired) electrons. The number of rotatable bonds is 3. The van der Waals surface area contributed by atoms with E-state index >= 15 is 0 Å². The van der Waals surface area contributed by atoms with Gasteiger partial charge in [-0.15, -0.1) is 0 Å².